The Labute approximate surface area is 185 Å². The quantitative estimate of drug-likeness (QED) is 0.546. The number of hydroxylamine groups is 1. The van der Waals surface area contributed by atoms with Gasteiger partial charge in [-0.2, -0.15) is 0 Å². The molecule has 0 radical (unpaired) electrons. The number of carbonyl (C=O) groups is 2. The van der Waals surface area contributed by atoms with E-state index in [4.69, 9.17) is 16.4 Å². The summed E-state index contributed by atoms with van der Waals surface area (Å²) >= 11 is 6.09. The van der Waals surface area contributed by atoms with Crippen LogP contribution in [0, 0.1) is 19.8 Å². The molecule has 2 fully saturated rings. The lowest BCUT2D eigenvalue weighted by atomic mass is 9.90. The number of hydrogen-bond acceptors (Lipinski definition) is 4. The summed E-state index contributed by atoms with van der Waals surface area (Å²) in [5.74, 6) is -1.25. The molecule has 5 rings (SSSR count). The van der Waals surface area contributed by atoms with Crippen molar-refractivity contribution in [1.29, 1.82) is 0 Å². The molecule has 2 aliphatic heterocycles. The number of amides is 2. The van der Waals surface area contributed by atoms with Crippen LogP contribution in [0.4, 0.5) is 11.4 Å². The minimum absolute atomic E-state index is 0.253. The second kappa shape index (κ2) is 7.52. The van der Waals surface area contributed by atoms with Crippen molar-refractivity contribution in [2.24, 2.45) is 5.92 Å². The molecule has 31 heavy (non-hydrogen) atoms. The number of anilines is 2. The summed E-state index contributed by atoms with van der Waals surface area (Å²) in [6, 6.07) is 22.0. The van der Waals surface area contributed by atoms with Gasteiger partial charge in [0, 0.05) is 5.02 Å². The van der Waals surface area contributed by atoms with E-state index in [1.807, 2.05) is 74.5 Å². The number of benzene rings is 3. The van der Waals surface area contributed by atoms with Gasteiger partial charge < -0.3 is 0 Å². The molecule has 0 aliphatic carbocycles. The fraction of sp³-hybridized carbons (Fsp3) is 0.200. The third-order valence-electron chi connectivity index (χ3n) is 6.09. The Balaban J connectivity index is 1.58. The summed E-state index contributed by atoms with van der Waals surface area (Å²) in [6.07, 6.45) is -0.880. The lowest BCUT2D eigenvalue weighted by molar-refractivity contribution is -0.126. The number of rotatable bonds is 3. The van der Waals surface area contributed by atoms with E-state index in [1.165, 1.54) is 4.90 Å². The third kappa shape index (κ3) is 3.21. The predicted molar refractivity (Wildman–Crippen MR) is 120 cm³/mol. The number of carbonyl (C=O) groups excluding carboxylic acids is 2. The van der Waals surface area contributed by atoms with Crippen molar-refractivity contribution in [3.05, 3.63) is 94.5 Å². The molecule has 0 unspecified atom stereocenters. The summed E-state index contributed by atoms with van der Waals surface area (Å²) in [5, 5.41) is 2.29. The highest BCUT2D eigenvalue weighted by molar-refractivity contribution is 6.30. The number of imide groups is 1. The van der Waals surface area contributed by atoms with Crippen LogP contribution in [0.2, 0.25) is 5.02 Å². The molecule has 5 nitrogen and oxygen atoms in total. The van der Waals surface area contributed by atoms with Gasteiger partial charge in [-0.15, -0.1) is 0 Å². The van der Waals surface area contributed by atoms with Gasteiger partial charge >= 0.3 is 0 Å². The highest BCUT2D eigenvalue weighted by Crippen LogP contribution is 2.47. The van der Waals surface area contributed by atoms with Crippen LogP contribution >= 0.6 is 11.6 Å². The van der Waals surface area contributed by atoms with Crippen molar-refractivity contribution in [3.63, 3.8) is 0 Å². The van der Waals surface area contributed by atoms with E-state index in [1.54, 1.807) is 17.2 Å². The van der Waals surface area contributed by atoms with Crippen molar-refractivity contribution < 1.29 is 14.4 Å². The van der Waals surface area contributed by atoms with E-state index in [0.717, 1.165) is 22.4 Å². The van der Waals surface area contributed by atoms with Crippen LogP contribution in [-0.4, -0.2) is 17.9 Å². The van der Waals surface area contributed by atoms with Gasteiger partial charge in [0.1, 0.15) is 5.92 Å². The van der Waals surface area contributed by atoms with Crippen LogP contribution in [0.3, 0.4) is 0 Å². The zero-order valence-corrected chi connectivity index (χ0v) is 17.9. The van der Waals surface area contributed by atoms with Gasteiger partial charge in [0.15, 0.2) is 6.10 Å². The SMILES string of the molecule is Cc1ccc(N2C(=O)[C@@H]3[C@@H](c4ccc(Cl)cc4)N(c4ccccc4)O[C@H]3C2=O)cc1C. The molecule has 0 bridgehead atoms. The minimum atomic E-state index is -0.880. The Morgan fingerprint density at radius 1 is 0.806 bits per heavy atom. The summed E-state index contributed by atoms with van der Waals surface area (Å²) in [4.78, 5) is 34.3. The van der Waals surface area contributed by atoms with Gasteiger partial charge in [-0.05, 0) is 66.9 Å². The summed E-state index contributed by atoms with van der Waals surface area (Å²) in [6.45, 7) is 3.97. The first-order chi connectivity index (χ1) is 15.0. The molecule has 0 N–H and O–H groups in total. The first-order valence-corrected chi connectivity index (χ1v) is 10.5. The van der Waals surface area contributed by atoms with Crippen LogP contribution < -0.4 is 9.96 Å². The third-order valence-corrected chi connectivity index (χ3v) is 6.34. The lowest BCUT2D eigenvalue weighted by Gasteiger charge is -2.29. The van der Waals surface area contributed by atoms with E-state index in [-0.39, 0.29) is 11.8 Å². The molecule has 156 valence electrons. The molecule has 0 saturated carbocycles. The van der Waals surface area contributed by atoms with Crippen LogP contribution in [0.15, 0.2) is 72.8 Å². The molecule has 3 aromatic rings. The van der Waals surface area contributed by atoms with Gasteiger partial charge in [0.2, 0.25) is 5.91 Å². The molecule has 2 amide bonds. The lowest BCUT2D eigenvalue weighted by Crippen LogP contribution is -2.37. The Kier molecular flexibility index (Phi) is 4.80. The number of fused-ring (bicyclic) bond motifs is 1. The van der Waals surface area contributed by atoms with Crippen molar-refractivity contribution in [2.75, 3.05) is 9.96 Å². The molecular formula is C25H21ClN2O3. The second-order valence-corrected chi connectivity index (χ2v) is 8.43. The van der Waals surface area contributed by atoms with Crippen LogP contribution in [0.25, 0.3) is 0 Å². The van der Waals surface area contributed by atoms with Crippen LogP contribution in [-0.2, 0) is 14.4 Å². The Hall–Kier alpha value is -3.15. The monoisotopic (exact) mass is 432 g/mol. The molecule has 0 spiro atoms. The number of hydrogen-bond donors (Lipinski definition) is 0. The standard InChI is InChI=1S/C25H21ClN2O3/c1-15-8-13-20(14-16(15)2)27-24(29)21-22(17-9-11-18(26)12-10-17)28(31-23(21)25(27)30)19-6-4-3-5-7-19/h3-14,21-23H,1-2H3/t21-,22-,23-/m1/s1. The molecule has 2 saturated heterocycles. The van der Waals surface area contributed by atoms with Gasteiger partial charge in [0.05, 0.1) is 17.4 Å². The van der Waals surface area contributed by atoms with E-state index >= 15 is 0 Å². The van der Waals surface area contributed by atoms with E-state index in [2.05, 4.69) is 0 Å². The highest BCUT2D eigenvalue weighted by atomic mass is 35.5. The Morgan fingerprint density at radius 2 is 1.52 bits per heavy atom. The molecule has 2 heterocycles. The fourth-order valence-electron chi connectivity index (χ4n) is 4.33. The van der Waals surface area contributed by atoms with Crippen molar-refractivity contribution in [3.8, 4) is 0 Å². The number of para-hydroxylation sites is 1. The molecule has 0 aromatic heterocycles. The van der Waals surface area contributed by atoms with Gasteiger partial charge in [-0.3, -0.25) is 14.4 Å². The normalized spacial score (nSPS) is 22.9. The zero-order valence-electron chi connectivity index (χ0n) is 17.2. The number of aryl methyl sites for hydroxylation is 2. The fourth-order valence-corrected chi connectivity index (χ4v) is 4.46. The molecule has 2 aliphatic rings. The largest absolute Gasteiger partial charge is 0.273 e. The number of nitrogens with zero attached hydrogens (tertiary/aromatic N) is 2. The zero-order chi connectivity index (χ0) is 21.7. The maximum Gasteiger partial charge on any atom is 0.266 e. The maximum absolute atomic E-state index is 13.6. The van der Waals surface area contributed by atoms with Crippen molar-refractivity contribution in [1.82, 2.24) is 0 Å². The average molecular weight is 433 g/mol. The summed E-state index contributed by atoms with van der Waals surface area (Å²) in [7, 11) is 0. The smallest absolute Gasteiger partial charge is 0.266 e. The van der Waals surface area contributed by atoms with Gasteiger partial charge in [-0.1, -0.05) is 48.0 Å². The van der Waals surface area contributed by atoms with Crippen LogP contribution in [0.1, 0.15) is 22.7 Å². The first-order valence-electron chi connectivity index (χ1n) is 10.2. The second-order valence-electron chi connectivity index (χ2n) is 7.99. The highest BCUT2D eigenvalue weighted by Gasteiger charge is 2.60. The summed E-state index contributed by atoms with van der Waals surface area (Å²) in [5.41, 5.74) is 4.36. The Bertz CT molecular complexity index is 1160. The van der Waals surface area contributed by atoms with E-state index in [9.17, 15) is 9.59 Å². The average Bonchev–Trinajstić information content (AvgIpc) is 3.28. The molecule has 3 aromatic carbocycles. The van der Waals surface area contributed by atoms with Crippen molar-refractivity contribution in [2.45, 2.75) is 26.0 Å². The number of halogens is 1. The Morgan fingerprint density at radius 3 is 2.19 bits per heavy atom. The summed E-state index contributed by atoms with van der Waals surface area (Å²) < 4.78 is 0. The first kappa shape index (κ1) is 19.8. The van der Waals surface area contributed by atoms with Crippen molar-refractivity contribution >= 4 is 34.8 Å². The minimum Gasteiger partial charge on any atom is -0.273 e. The maximum atomic E-state index is 13.6. The molecule has 3 atom stereocenters. The molecule has 6 heteroatoms. The topological polar surface area (TPSA) is 49.9 Å². The predicted octanol–water partition coefficient (Wildman–Crippen LogP) is 5.01. The van der Waals surface area contributed by atoms with Crippen LogP contribution in [0.5, 0.6) is 0 Å². The van der Waals surface area contributed by atoms with Gasteiger partial charge in [-0.25, -0.2) is 9.96 Å². The molecular weight excluding hydrogens is 412 g/mol. The van der Waals surface area contributed by atoms with Gasteiger partial charge in [0.25, 0.3) is 5.91 Å². The van der Waals surface area contributed by atoms with E-state index in [0.29, 0.717) is 10.7 Å². The van der Waals surface area contributed by atoms with E-state index < -0.39 is 18.1 Å².